The van der Waals surface area contributed by atoms with Gasteiger partial charge in [-0.25, -0.2) is 4.79 Å². The summed E-state index contributed by atoms with van der Waals surface area (Å²) in [4.78, 5) is 13.4. The molecule has 3 nitrogen and oxygen atoms in total. The fourth-order valence-electron chi connectivity index (χ4n) is 1.42. The number of nitrogens with one attached hydrogen (secondary N) is 1. The molecule has 2 rings (SSSR count). The fourth-order valence-corrected chi connectivity index (χ4v) is 1.42. The smallest absolute Gasteiger partial charge is 0.328 e. The van der Waals surface area contributed by atoms with Gasteiger partial charge in [0.05, 0.1) is 0 Å². The number of carboxylic acid groups (broad SMARTS) is 1. The van der Waals surface area contributed by atoms with E-state index < -0.39 is 5.97 Å². The van der Waals surface area contributed by atoms with Crippen molar-refractivity contribution in [3.05, 3.63) is 42.1 Å². The molecule has 0 saturated heterocycles. The van der Waals surface area contributed by atoms with E-state index in [2.05, 4.69) is 4.98 Å². The van der Waals surface area contributed by atoms with Crippen LogP contribution in [-0.2, 0) is 4.79 Å². The standard InChI is InChI=1S/C11H9NO2/c13-11(14)5-4-8-2-1-3-10-9(8)6-7-12-10/h1-7,12H,(H,13,14)/b5-4-. The van der Waals surface area contributed by atoms with E-state index in [9.17, 15) is 4.79 Å². The van der Waals surface area contributed by atoms with E-state index in [1.54, 1.807) is 6.08 Å². The predicted molar refractivity (Wildman–Crippen MR) is 55.0 cm³/mol. The molecular formula is C11H9NO2. The zero-order chi connectivity index (χ0) is 9.97. The average Bonchev–Trinajstić information content (AvgIpc) is 2.62. The van der Waals surface area contributed by atoms with Crippen molar-refractivity contribution in [3.8, 4) is 0 Å². The summed E-state index contributed by atoms with van der Waals surface area (Å²) in [7, 11) is 0. The number of H-pyrrole nitrogens is 1. The van der Waals surface area contributed by atoms with Gasteiger partial charge in [0.25, 0.3) is 0 Å². The quantitative estimate of drug-likeness (QED) is 0.708. The Morgan fingerprint density at radius 1 is 1.36 bits per heavy atom. The summed E-state index contributed by atoms with van der Waals surface area (Å²) in [5.41, 5.74) is 1.92. The highest BCUT2D eigenvalue weighted by atomic mass is 16.4. The lowest BCUT2D eigenvalue weighted by Crippen LogP contribution is -1.85. The van der Waals surface area contributed by atoms with Crippen LogP contribution in [0.2, 0.25) is 0 Å². The Hall–Kier alpha value is -2.03. The number of carbonyl (C=O) groups is 1. The van der Waals surface area contributed by atoms with Crippen LogP contribution in [-0.4, -0.2) is 16.1 Å². The van der Waals surface area contributed by atoms with Crippen molar-refractivity contribution in [2.24, 2.45) is 0 Å². The third-order valence-corrected chi connectivity index (χ3v) is 2.03. The van der Waals surface area contributed by atoms with Gasteiger partial charge in [0.2, 0.25) is 0 Å². The molecule has 0 amide bonds. The molecule has 0 aliphatic rings. The molecule has 2 N–H and O–H groups in total. The maximum Gasteiger partial charge on any atom is 0.328 e. The van der Waals surface area contributed by atoms with E-state index in [1.807, 2.05) is 30.5 Å². The first kappa shape index (κ1) is 8.56. The van der Waals surface area contributed by atoms with E-state index in [4.69, 9.17) is 5.11 Å². The van der Waals surface area contributed by atoms with Gasteiger partial charge in [0.1, 0.15) is 0 Å². The third-order valence-electron chi connectivity index (χ3n) is 2.03. The summed E-state index contributed by atoms with van der Waals surface area (Å²) >= 11 is 0. The van der Waals surface area contributed by atoms with Crippen molar-refractivity contribution in [1.29, 1.82) is 0 Å². The highest BCUT2D eigenvalue weighted by Crippen LogP contribution is 2.18. The SMILES string of the molecule is O=C(O)/C=C\c1cccc2[nH]ccc12. The van der Waals surface area contributed by atoms with Crippen molar-refractivity contribution in [2.75, 3.05) is 0 Å². The lowest BCUT2D eigenvalue weighted by Gasteiger charge is -1.95. The molecule has 0 aliphatic heterocycles. The van der Waals surface area contributed by atoms with E-state index in [0.717, 1.165) is 22.5 Å². The first-order valence-corrected chi connectivity index (χ1v) is 4.24. The second-order valence-electron chi connectivity index (χ2n) is 2.96. The Labute approximate surface area is 80.7 Å². The normalized spacial score (nSPS) is 11.1. The molecule has 1 aromatic heterocycles. The number of fused-ring (bicyclic) bond motifs is 1. The van der Waals surface area contributed by atoms with E-state index >= 15 is 0 Å². The molecule has 70 valence electrons. The van der Waals surface area contributed by atoms with Gasteiger partial charge < -0.3 is 10.1 Å². The van der Waals surface area contributed by atoms with Crippen LogP contribution in [0.5, 0.6) is 0 Å². The van der Waals surface area contributed by atoms with Crippen LogP contribution in [0.3, 0.4) is 0 Å². The number of aromatic nitrogens is 1. The summed E-state index contributed by atoms with van der Waals surface area (Å²) in [5, 5.41) is 9.54. The first-order chi connectivity index (χ1) is 6.77. The molecule has 3 heteroatoms. The number of hydrogen-bond donors (Lipinski definition) is 2. The lowest BCUT2D eigenvalue weighted by atomic mass is 10.1. The molecule has 0 fully saturated rings. The number of aliphatic carboxylic acids is 1. The second kappa shape index (κ2) is 3.38. The minimum absolute atomic E-state index is 0.908. The Balaban J connectivity index is 2.51. The summed E-state index contributed by atoms with van der Waals surface area (Å²) in [6.45, 7) is 0. The molecule has 0 saturated carbocycles. The number of carboxylic acids is 1. The van der Waals surface area contributed by atoms with Crippen LogP contribution in [0.15, 0.2) is 36.5 Å². The molecule has 0 unspecified atom stereocenters. The molecule has 0 radical (unpaired) electrons. The molecule has 0 spiro atoms. The van der Waals surface area contributed by atoms with Crippen LogP contribution < -0.4 is 0 Å². The predicted octanol–water partition coefficient (Wildman–Crippen LogP) is 2.27. The Morgan fingerprint density at radius 2 is 2.21 bits per heavy atom. The molecule has 1 heterocycles. The molecule has 0 atom stereocenters. The van der Waals surface area contributed by atoms with Crippen molar-refractivity contribution in [3.63, 3.8) is 0 Å². The van der Waals surface area contributed by atoms with Crippen LogP contribution in [0.25, 0.3) is 17.0 Å². The van der Waals surface area contributed by atoms with Gasteiger partial charge in [0, 0.05) is 23.2 Å². The Morgan fingerprint density at radius 3 is 3.00 bits per heavy atom. The molecule has 0 bridgehead atoms. The zero-order valence-electron chi connectivity index (χ0n) is 7.40. The van der Waals surface area contributed by atoms with Gasteiger partial charge in [0.15, 0.2) is 0 Å². The maximum absolute atomic E-state index is 10.4. The van der Waals surface area contributed by atoms with Gasteiger partial charge in [-0.05, 0) is 23.8 Å². The number of rotatable bonds is 2. The van der Waals surface area contributed by atoms with Crippen molar-refractivity contribution in [1.82, 2.24) is 4.98 Å². The first-order valence-electron chi connectivity index (χ1n) is 4.24. The lowest BCUT2D eigenvalue weighted by molar-refractivity contribution is -0.131. The van der Waals surface area contributed by atoms with Gasteiger partial charge in [-0.15, -0.1) is 0 Å². The van der Waals surface area contributed by atoms with Crippen LogP contribution in [0.1, 0.15) is 5.56 Å². The highest BCUT2D eigenvalue weighted by molar-refractivity contribution is 5.93. The number of hydrogen-bond acceptors (Lipinski definition) is 1. The van der Waals surface area contributed by atoms with Gasteiger partial charge in [-0.3, -0.25) is 0 Å². The third kappa shape index (κ3) is 1.52. The number of aromatic amines is 1. The molecule has 0 aliphatic carbocycles. The van der Waals surface area contributed by atoms with Gasteiger partial charge in [-0.2, -0.15) is 0 Å². The fraction of sp³-hybridized carbons (Fsp3) is 0. The summed E-state index contributed by atoms with van der Waals surface area (Å²) in [6.07, 6.45) is 4.57. The van der Waals surface area contributed by atoms with Gasteiger partial charge >= 0.3 is 5.97 Å². The summed E-state index contributed by atoms with van der Waals surface area (Å²) in [6, 6.07) is 7.65. The van der Waals surface area contributed by atoms with Crippen molar-refractivity contribution in [2.45, 2.75) is 0 Å². The molecule has 1 aromatic carbocycles. The average molecular weight is 187 g/mol. The second-order valence-corrected chi connectivity index (χ2v) is 2.96. The highest BCUT2D eigenvalue weighted by Gasteiger charge is 1.97. The summed E-state index contributed by atoms with van der Waals surface area (Å²) < 4.78 is 0. The molecule has 2 aromatic rings. The van der Waals surface area contributed by atoms with Crippen molar-refractivity contribution < 1.29 is 9.90 Å². The van der Waals surface area contributed by atoms with Crippen LogP contribution >= 0.6 is 0 Å². The Kier molecular flexibility index (Phi) is 2.07. The topological polar surface area (TPSA) is 53.1 Å². The molecular weight excluding hydrogens is 178 g/mol. The number of benzene rings is 1. The largest absolute Gasteiger partial charge is 0.478 e. The van der Waals surface area contributed by atoms with Crippen LogP contribution in [0.4, 0.5) is 0 Å². The minimum atomic E-state index is -0.933. The Bertz CT molecular complexity index is 497. The van der Waals surface area contributed by atoms with E-state index in [-0.39, 0.29) is 0 Å². The maximum atomic E-state index is 10.4. The van der Waals surface area contributed by atoms with Gasteiger partial charge in [-0.1, -0.05) is 12.1 Å². The molecule has 14 heavy (non-hydrogen) atoms. The van der Waals surface area contributed by atoms with E-state index in [0.29, 0.717) is 0 Å². The summed E-state index contributed by atoms with van der Waals surface area (Å²) in [5.74, 6) is -0.933. The minimum Gasteiger partial charge on any atom is -0.478 e. The van der Waals surface area contributed by atoms with E-state index in [1.165, 1.54) is 0 Å². The van der Waals surface area contributed by atoms with Crippen molar-refractivity contribution >= 4 is 22.9 Å². The monoisotopic (exact) mass is 187 g/mol. The van der Waals surface area contributed by atoms with Crippen LogP contribution in [0, 0.1) is 0 Å². The zero-order valence-corrected chi connectivity index (χ0v) is 7.40.